The molecule has 1 heterocycles. The van der Waals surface area contributed by atoms with Crippen molar-refractivity contribution in [3.8, 4) is 11.5 Å². The lowest BCUT2D eigenvalue weighted by Gasteiger charge is -2.20. The fourth-order valence-corrected chi connectivity index (χ4v) is 2.74. The van der Waals surface area contributed by atoms with Gasteiger partial charge in [0.25, 0.3) is 0 Å². The highest BCUT2D eigenvalue weighted by molar-refractivity contribution is 6.33. The molecular formula is C19H20ClN3O2. The summed E-state index contributed by atoms with van der Waals surface area (Å²) in [6.07, 6.45) is 0. The second-order valence-electron chi connectivity index (χ2n) is 5.67. The van der Waals surface area contributed by atoms with E-state index in [0.717, 1.165) is 18.7 Å². The van der Waals surface area contributed by atoms with Crippen molar-refractivity contribution < 1.29 is 9.15 Å². The molecule has 5 nitrogen and oxygen atoms in total. The van der Waals surface area contributed by atoms with Crippen LogP contribution < -0.4 is 0 Å². The first-order chi connectivity index (χ1) is 12.3. The summed E-state index contributed by atoms with van der Waals surface area (Å²) in [5.41, 5.74) is 1.97. The number of hydrogen-bond acceptors (Lipinski definition) is 5. The molecule has 0 aliphatic heterocycles. The molecule has 3 rings (SSSR count). The lowest BCUT2D eigenvalue weighted by Crippen LogP contribution is -2.26. The zero-order valence-corrected chi connectivity index (χ0v) is 14.8. The van der Waals surface area contributed by atoms with E-state index >= 15 is 0 Å². The summed E-state index contributed by atoms with van der Waals surface area (Å²) in [6.45, 7) is 2.75. The van der Waals surface area contributed by atoms with Crippen LogP contribution in [0.4, 0.5) is 0 Å². The molecule has 0 fully saturated rings. The molecule has 2 aromatic carbocycles. The molecule has 0 radical (unpaired) electrons. The molecule has 3 aromatic rings. The van der Waals surface area contributed by atoms with Gasteiger partial charge in [-0.05, 0) is 17.7 Å². The zero-order valence-electron chi connectivity index (χ0n) is 14.1. The third kappa shape index (κ3) is 4.89. The summed E-state index contributed by atoms with van der Waals surface area (Å²) in [5.74, 6) is 0.994. The minimum atomic E-state index is 0.437. The van der Waals surface area contributed by atoms with E-state index in [4.69, 9.17) is 20.8 Å². The Bertz CT molecular complexity index is 792. The molecule has 0 amide bonds. The van der Waals surface area contributed by atoms with Crippen molar-refractivity contribution in [3.05, 3.63) is 71.1 Å². The minimum absolute atomic E-state index is 0.437. The summed E-state index contributed by atoms with van der Waals surface area (Å²) in [7, 11) is 1.70. The molecule has 0 saturated heterocycles. The largest absolute Gasteiger partial charge is 0.419 e. The highest BCUT2D eigenvalue weighted by atomic mass is 35.5. The van der Waals surface area contributed by atoms with Crippen LogP contribution in [-0.4, -0.2) is 35.4 Å². The number of methoxy groups -OCH3 is 1. The molecular weight excluding hydrogens is 338 g/mol. The van der Waals surface area contributed by atoms with Crippen molar-refractivity contribution >= 4 is 11.6 Å². The molecule has 0 N–H and O–H groups in total. The predicted molar refractivity (Wildman–Crippen MR) is 97.2 cm³/mol. The van der Waals surface area contributed by atoms with Gasteiger partial charge >= 0.3 is 0 Å². The van der Waals surface area contributed by atoms with Crippen LogP contribution in [0.2, 0.25) is 5.02 Å². The van der Waals surface area contributed by atoms with E-state index in [1.54, 1.807) is 13.2 Å². The third-order valence-corrected chi connectivity index (χ3v) is 4.12. The topological polar surface area (TPSA) is 51.4 Å². The van der Waals surface area contributed by atoms with Gasteiger partial charge in [0.15, 0.2) is 0 Å². The third-order valence-electron chi connectivity index (χ3n) is 3.79. The predicted octanol–water partition coefficient (Wildman–Crippen LogP) is 4.04. The van der Waals surface area contributed by atoms with Gasteiger partial charge in [-0.15, -0.1) is 10.2 Å². The number of aromatic nitrogens is 2. The average Bonchev–Trinajstić information content (AvgIpc) is 3.09. The highest BCUT2D eigenvalue weighted by Gasteiger charge is 2.15. The Hall–Kier alpha value is -2.21. The van der Waals surface area contributed by atoms with Crippen LogP contribution in [0, 0.1) is 0 Å². The Labute approximate surface area is 152 Å². The van der Waals surface area contributed by atoms with Crippen molar-refractivity contribution in [3.63, 3.8) is 0 Å². The van der Waals surface area contributed by atoms with Gasteiger partial charge in [0.05, 0.1) is 23.7 Å². The highest BCUT2D eigenvalue weighted by Crippen LogP contribution is 2.26. The molecule has 1 aromatic heterocycles. The quantitative estimate of drug-likeness (QED) is 0.609. The lowest BCUT2D eigenvalue weighted by molar-refractivity contribution is 0.134. The Kier molecular flexibility index (Phi) is 6.17. The Morgan fingerprint density at radius 3 is 2.52 bits per heavy atom. The van der Waals surface area contributed by atoms with Crippen LogP contribution in [0.15, 0.2) is 59.0 Å². The first-order valence-corrected chi connectivity index (χ1v) is 8.46. The van der Waals surface area contributed by atoms with Gasteiger partial charge in [0.1, 0.15) is 0 Å². The number of benzene rings is 2. The Balaban J connectivity index is 1.72. The first kappa shape index (κ1) is 17.6. The summed E-state index contributed by atoms with van der Waals surface area (Å²) in [6, 6.07) is 17.7. The molecule has 130 valence electrons. The number of rotatable bonds is 8. The monoisotopic (exact) mass is 357 g/mol. The molecule has 0 aliphatic carbocycles. The van der Waals surface area contributed by atoms with Crippen LogP contribution in [0.1, 0.15) is 11.5 Å². The maximum atomic E-state index is 6.19. The van der Waals surface area contributed by atoms with Gasteiger partial charge in [0.2, 0.25) is 11.8 Å². The van der Waals surface area contributed by atoms with E-state index in [-0.39, 0.29) is 0 Å². The van der Waals surface area contributed by atoms with Crippen molar-refractivity contribution in [1.29, 1.82) is 0 Å². The molecule has 6 heteroatoms. The maximum absolute atomic E-state index is 6.19. The van der Waals surface area contributed by atoms with E-state index in [1.165, 1.54) is 5.56 Å². The van der Waals surface area contributed by atoms with Crippen LogP contribution in [0.25, 0.3) is 11.5 Å². The number of nitrogens with zero attached hydrogens (tertiary/aromatic N) is 3. The molecule has 0 spiro atoms. The number of hydrogen-bond donors (Lipinski definition) is 0. The van der Waals surface area contributed by atoms with Crippen LogP contribution in [0.5, 0.6) is 0 Å². The minimum Gasteiger partial charge on any atom is -0.419 e. The lowest BCUT2D eigenvalue weighted by atomic mass is 10.2. The standard InChI is InChI=1S/C19H20ClN3O2/c1-24-12-11-23(13-15-7-3-2-4-8-15)14-18-21-22-19(25-18)16-9-5-6-10-17(16)20/h2-10H,11-14H2,1H3. The van der Waals surface area contributed by atoms with Gasteiger partial charge in [-0.2, -0.15) is 0 Å². The molecule has 0 aliphatic rings. The molecule has 0 atom stereocenters. The van der Waals surface area contributed by atoms with Crippen molar-refractivity contribution in [2.24, 2.45) is 0 Å². The normalized spacial score (nSPS) is 11.2. The molecule has 25 heavy (non-hydrogen) atoms. The second-order valence-corrected chi connectivity index (χ2v) is 6.08. The first-order valence-electron chi connectivity index (χ1n) is 8.09. The van der Waals surface area contributed by atoms with Crippen LogP contribution in [-0.2, 0) is 17.8 Å². The van der Waals surface area contributed by atoms with Crippen molar-refractivity contribution in [2.45, 2.75) is 13.1 Å². The van der Waals surface area contributed by atoms with Gasteiger partial charge in [-0.1, -0.05) is 54.1 Å². The van der Waals surface area contributed by atoms with Gasteiger partial charge in [-0.3, -0.25) is 4.90 Å². The van der Waals surface area contributed by atoms with Crippen LogP contribution in [0.3, 0.4) is 0 Å². The Morgan fingerprint density at radius 2 is 1.76 bits per heavy atom. The van der Waals surface area contributed by atoms with Crippen molar-refractivity contribution in [2.75, 3.05) is 20.3 Å². The fourth-order valence-electron chi connectivity index (χ4n) is 2.53. The zero-order chi connectivity index (χ0) is 17.5. The average molecular weight is 358 g/mol. The smallest absolute Gasteiger partial charge is 0.249 e. The molecule has 0 bridgehead atoms. The van der Waals surface area contributed by atoms with E-state index in [2.05, 4.69) is 27.2 Å². The van der Waals surface area contributed by atoms with E-state index < -0.39 is 0 Å². The summed E-state index contributed by atoms with van der Waals surface area (Å²) in [5, 5.41) is 8.89. The number of ether oxygens (including phenoxy) is 1. The van der Waals surface area contributed by atoms with Gasteiger partial charge < -0.3 is 9.15 Å². The fraction of sp³-hybridized carbons (Fsp3) is 0.263. The molecule has 0 unspecified atom stereocenters. The van der Waals surface area contributed by atoms with Crippen molar-refractivity contribution in [1.82, 2.24) is 15.1 Å². The van der Waals surface area contributed by atoms with Crippen LogP contribution >= 0.6 is 11.6 Å². The molecule has 0 saturated carbocycles. The summed E-state index contributed by atoms with van der Waals surface area (Å²) in [4.78, 5) is 2.21. The van der Waals surface area contributed by atoms with E-state index in [9.17, 15) is 0 Å². The van der Waals surface area contributed by atoms with Gasteiger partial charge in [-0.25, -0.2) is 0 Å². The second kappa shape index (κ2) is 8.76. The SMILES string of the molecule is COCCN(Cc1ccccc1)Cc1nnc(-c2ccccc2Cl)o1. The summed E-state index contributed by atoms with van der Waals surface area (Å²) >= 11 is 6.19. The van der Waals surface area contributed by atoms with E-state index in [0.29, 0.717) is 30.0 Å². The van der Waals surface area contributed by atoms with E-state index in [1.807, 2.05) is 36.4 Å². The van der Waals surface area contributed by atoms with Gasteiger partial charge in [0, 0.05) is 20.2 Å². The maximum Gasteiger partial charge on any atom is 0.249 e. The number of halogens is 1. The Morgan fingerprint density at radius 1 is 1.00 bits per heavy atom. The summed E-state index contributed by atoms with van der Waals surface area (Å²) < 4.78 is 11.0.